The van der Waals surface area contributed by atoms with Crippen LogP contribution in [0.15, 0.2) is 12.2 Å². The number of hydrogen-bond acceptors (Lipinski definition) is 6. The fraction of sp³-hybridized carbons (Fsp3) is 0.643. The fourth-order valence-electron chi connectivity index (χ4n) is 2.50. The van der Waals surface area contributed by atoms with Gasteiger partial charge in [0.25, 0.3) is 0 Å². The lowest BCUT2D eigenvalue weighted by atomic mass is 10.0. The lowest BCUT2D eigenvalue weighted by Crippen LogP contribution is -2.23. The average Bonchev–Trinajstić information content (AvgIpc) is 2.94. The number of ether oxygens (including phenoxy) is 3. The highest BCUT2D eigenvalue weighted by Gasteiger charge is 2.67. The van der Waals surface area contributed by atoms with E-state index in [1.165, 1.54) is 14.0 Å². The minimum Gasteiger partial charge on any atom is -0.457 e. The molecule has 6 nitrogen and oxygen atoms in total. The molecule has 0 heterocycles. The van der Waals surface area contributed by atoms with Gasteiger partial charge >= 0.3 is 11.9 Å². The predicted octanol–water partition coefficient (Wildman–Crippen LogP) is 1.42. The van der Waals surface area contributed by atoms with Gasteiger partial charge in [0, 0.05) is 20.0 Å². The van der Waals surface area contributed by atoms with E-state index in [1.54, 1.807) is 0 Å². The Kier molecular flexibility index (Phi) is 4.90. The zero-order valence-electron chi connectivity index (χ0n) is 12.1. The SMILES string of the molecule is C=C(C#N)C(OC(C)=O)C1C(C(=O)OCOC)C1(C)C. The molecule has 1 rings (SSSR count). The van der Waals surface area contributed by atoms with Crippen LogP contribution < -0.4 is 0 Å². The molecule has 0 saturated heterocycles. The number of nitrogens with zero attached hydrogens (tertiary/aromatic N) is 1. The van der Waals surface area contributed by atoms with Gasteiger partial charge < -0.3 is 14.2 Å². The molecule has 1 fully saturated rings. The van der Waals surface area contributed by atoms with E-state index >= 15 is 0 Å². The summed E-state index contributed by atoms with van der Waals surface area (Å²) in [6, 6.07) is 1.88. The third-order valence-electron chi connectivity index (χ3n) is 3.59. The van der Waals surface area contributed by atoms with Crippen LogP contribution in [0.4, 0.5) is 0 Å². The van der Waals surface area contributed by atoms with E-state index in [0.29, 0.717) is 0 Å². The monoisotopic (exact) mass is 281 g/mol. The molecule has 20 heavy (non-hydrogen) atoms. The molecule has 0 aromatic carbocycles. The van der Waals surface area contributed by atoms with Crippen LogP contribution in [0.25, 0.3) is 0 Å². The molecule has 0 bridgehead atoms. The molecular weight excluding hydrogens is 262 g/mol. The highest BCUT2D eigenvalue weighted by molar-refractivity contribution is 5.78. The first-order valence-corrected chi connectivity index (χ1v) is 6.19. The molecular formula is C14H19NO5. The lowest BCUT2D eigenvalue weighted by Gasteiger charge is -2.16. The van der Waals surface area contributed by atoms with Crippen molar-refractivity contribution in [3.63, 3.8) is 0 Å². The Hall–Kier alpha value is -1.87. The van der Waals surface area contributed by atoms with Gasteiger partial charge in [0.1, 0.15) is 6.10 Å². The van der Waals surface area contributed by atoms with Gasteiger partial charge in [0.2, 0.25) is 0 Å². The van der Waals surface area contributed by atoms with Gasteiger partial charge in [-0.25, -0.2) is 0 Å². The Morgan fingerprint density at radius 2 is 2.05 bits per heavy atom. The molecule has 6 heteroatoms. The van der Waals surface area contributed by atoms with Gasteiger partial charge in [-0.2, -0.15) is 5.26 Å². The molecule has 0 amide bonds. The van der Waals surface area contributed by atoms with Crippen molar-refractivity contribution < 1.29 is 23.8 Å². The summed E-state index contributed by atoms with van der Waals surface area (Å²) >= 11 is 0. The summed E-state index contributed by atoms with van der Waals surface area (Å²) in [6.45, 7) is 8.44. The number of carbonyl (C=O) groups excluding carboxylic acids is 2. The number of rotatable bonds is 6. The van der Waals surface area contributed by atoms with Gasteiger partial charge in [0.15, 0.2) is 6.79 Å². The van der Waals surface area contributed by atoms with E-state index < -0.39 is 29.4 Å². The second kappa shape index (κ2) is 6.06. The first kappa shape index (κ1) is 16.2. The molecule has 0 aromatic rings. The summed E-state index contributed by atoms with van der Waals surface area (Å²) in [7, 11) is 1.42. The zero-order chi connectivity index (χ0) is 15.5. The van der Waals surface area contributed by atoms with Crippen LogP contribution >= 0.6 is 0 Å². The predicted molar refractivity (Wildman–Crippen MR) is 69.0 cm³/mol. The highest BCUT2D eigenvalue weighted by Crippen LogP contribution is 2.61. The number of carbonyl (C=O) groups is 2. The van der Waals surface area contributed by atoms with Crippen molar-refractivity contribution in [2.75, 3.05) is 13.9 Å². The van der Waals surface area contributed by atoms with Crippen molar-refractivity contribution in [2.45, 2.75) is 26.9 Å². The van der Waals surface area contributed by atoms with Crippen LogP contribution in [0.3, 0.4) is 0 Å². The van der Waals surface area contributed by atoms with Crippen molar-refractivity contribution in [3.8, 4) is 6.07 Å². The molecule has 0 aromatic heterocycles. The zero-order valence-corrected chi connectivity index (χ0v) is 12.1. The minimum absolute atomic E-state index is 0.125. The van der Waals surface area contributed by atoms with Crippen molar-refractivity contribution in [2.24, 2.45) is 17.3 Å². The van der Waals surface area contributed by atoms with E-state index in [-0.39, 0.29) is 18.3 Å². The first-order valence-electron chi connectivity index (χ1n) is 6.19. The normalized spacial score (nSPS) is 24.1. The number of methoxy groups -OCH3 is 1. The molecule has 110 valence electrons. The molecule has 0 radical (unpaired) electrons. The Morgan fingerprint density at radius 3 is 2.50 bits per heavy atom. The smallest absolute Gasteiger partial charge is 0.312 e. The second-order valence-corrected chi connectivity index (χ2v) is 5.36. The van der Waals surface area contributed by atoms with E-state index in [9.17, 15) is 9.59 Å². The molecule has 1 aliphatic rings. The van der Waals surface area contributed by atoms with Crippen molar-refractivity contribution >= 4 is 11.9 Å². The summed E-state index contributed by atoms with van der Waals surface area (Å²) in [6.07, 6.45) is -0.799. The summed E-state index contributed by atoms with van der Waals surface area (Å²) < 4.78 is 14.8. The van der Waals surface area contributed by atoms with E-state index in [0.717, 1.165) is 0 Å². The maximum Gasteiger partial charge on any atom is 0.312 e. The summed E-state index contributed by atoms with van der Waals surface area (Å²) in [5, 5.41) is 8.95. The van der Waals surface area contributed by atoms with Crippen molar-refractivity contribution in [3.05, 3.63) is 12.2 Å². The summed E-state index contributed by atoms with van der Waals surface area (Å²) in [5.74, 6) is -1.71. The maximum absolute atomic E-state index is 11.9. The number of esters is 2. The van der Waals surface area contributed by atoms with Gasteiger partial charge in [-0.05, 0) is 5.41 Å². The quantitative estimate of drug-likeness (QED) is 0.416. The second-order valence-electron chi connectivity index (χ2n) is 5.36. The third kappa shape index (κ3) is 3.17. The molecule has 0 spiro atoms. The Bertz CT molecular complexity index is 463. The Labute approximate surface area is 118 Å². The summed E-state index contributed by atoms with van der Waals surface area (Å²) in [4.78, 5) is 23.1. The van der Waals surface area contributed by atoms with E-state index in [4.69, 9.17) is 14.7 Å². The van der Waals surface area contributed by atoms with Crippen LogP contribution in [-0.4, -0.2) is 31.9 Å². The number of hydrogen-bond donors (Lipinski definition) is 0. The van der Waals surface area contributed by atoms with Gasteiger partial charge in [-0.15, -0.1) is 0 Å². The molecule has 1 aliphatic carbocycles. The van der Waals surface area contributed by atoms with Crippen molar-refractivity contribution in [1.29, 1.82) is 5.26 Å². The average molecular weight is 281 g/mol. The molecule has 3 atom stereocenters. The van der Waals surface area contributed by atoms with Crippen LogP contribution in [0.1, 0.15) is 20.8 Å². The molecule has 0 N–H and O–H groups in total. The standard InChI is InChI=1S/C14H19NO5/c1-8(6-15)12(20-9(2)16)10-11(14(10,3)4)13(17)19-7-18-5/h10-12H,1,7H2,2-5H3. The molecule has 0 aliphatic heterocycles. The molecule has 1 saturated carbocycles. The van der Waals surface area contributed by atoms with Gasteiger partial charge in [-0.1, -0.05) is 20.4 Å². The topological polar surface area (TPSA) is 85.6 Å². The van der Waals surface area contributed by atoms with Crippen molar-refractivity contribution in [1.82, 2.24) is 0 Å². The van der Waals surface area contributed by atoms with Crippen LogP contribution in [0, 0.1) is 28.6 Å². The largest absolute Gasteiger partial charge is 0.457 e. The number of nitriles is 1. The Morgan fingerprint density at radius 1 is 1.45 bits per heavy atom. The van der Waals surface area contributed by atoms with Gasteiger partial charge in [-0.3, -0.25) is 9.59 Å². The van der Waals surface area contributed by atoms with Gasteiger partial charge in [0.05, 0.1) is 17.6 Å². The maximum atomic E-state index is 11.9. The minimum atomic E-state index is -0.799. The fourth-order valence-corrected chi connectivity index (χ4v) is 2.50. The van der Waals surface area contributed by atoms with Crippen LogP contribution in [-0.2, 0) is 23.8 Å². The van der Waals surface area contributed by atoms with E-state index in [2.05, 4.69) is 11.3 Å². The third-order valence-corrected chi connectivity index (χ3v) is 3.59. The first-order chi connectivity index (χ1) is 9.27. The highest BCUT2D eigenvalue weighted by atomic mass is 16.7. The van der Waals surface area contributed by atoms with Crippen LogP contribution in [0.5, 0.6) is 0 Å². The van der Waals surface area contributed by atoms with Crippen LogP contribution in [0.2, 0.25) is 0 Å². The summed E-state index contributed by atoms with van der Waals surface area (Å²) in [5.41, 5.74) is -0.301. The molecule has 3 unspecified atom stereocenters. The van der Waals surface area contributed by atoms with E-state index in [1.807, 2.05) is 19.9 Å². The lowest BCUT2D eigenvalue weighted by molar-refractivity contribution is -0.158. The Balaban J connectivity index is 2.87.